The first kappa shape index (κ1) is 12.7. The molecule has 94 valence electrons. The van der Waals surface area contributed by atoms with Crippen molar-refractivity contribution in [1.82, 2.24) is 15.1 Å². The second kappa shape index (κ2) is 5.71. The molecule has 4 heteroatoms. The third kappa shape index (κ3) is 3.36. The molecule has 3 atom stereocenters. The van der Waals surface area contributed by atoms with E-state index in [2.05, 4.69) is 47.9 Å². The van der Waals surface area contributed by atoms with Gasteiger partial charge in [0.25, 0.3) is 0 Å². The highest BCUT2D eigenvalue weighted by atomic mass is 32.2. The van der Waals surface area contributed by atoms with Crippen LogP contribution in [0.1, 0.15) is 13.3 Å². The SMILES string of the molecule is CC1CC(NCC2CN(C)CCN2C)CS1. The van der Waals surface area contributed by atoms with Crippen molar-refractivity contribution in [2.24, 2.45) is 0 Å². The van der Waals surface area contributed by atoms with E-state index in [1.54, 1.807) is 0 Å². The normalized spacial score (nSPS) is 38.1. The molecule has 0 aromatic heterocycles. The Morgan fingerprint density at radius 1 is 1.31 bits per heavy atom. The van der Waals surface area contributed by atoms with Gasteiger partial charge in [0.15, 0.2) is 0 Å². The lowest BCUT2D eigenvalue weighted by Gasteiger charge is -2.38. The van der Waals surface area contributed by atoms with Gasteiger partial charge in [-0.2, -0.15) is 11.8 Å². The fourth-order valence-corrected chi connectivity index (χ4v) is 3.77. The summed E-state index contributed by atoms with van der Waals surface area (Å²) in [5.41, 5.74) is 0. The quantitative estimate of drug-likeness (QED) is 0.787. The average molecular weight is 243 g/mol. The van der Waals surface area contributed by atoms with Crippen molar-refractivity contribution in [3.05, 3.63) is 0 Å². The predicted octanol–water partition coefficient (Wildman–Crippen LogP) is 0.716. The second-order valence-corrected chi connectivity index (χ2v) is 6.85. The number of nitrogens with zero attached hydrogens (tertiary/aromatic N) is 2. The Labute approximate surface area is 104 Å². The molecule has 2 aliphatic rings. The molecule has 2 fully saturated rings. The van der Waals surface area contributed by atoms with Crippen LogP contribution >= 0.6 is 11.8 Å². The van der Waals surface area contributed by atoms with Gasteiger partial charge in [-0.15, -0.1) is 0 Å². The first-order valence-corrected chi connectivity index (χ1v) is 7.44. The molecule has 3 unspecified atom stereocenters. The average Bonchev–Trinajstić information content (AvgIpc) is 2.66. The lowest BCUT2D eigenvalue weighted by Crippen LogP contribution is -2.54. The van der Waals surface area contributed by atoms with E-state index in [1.807, 2.05) is 0 Å². The van der Waals surface area contributed by atoms with Crippen LogP contribution in [0.2, 0.25) is 0 Å². The van der Waals surface area contributed by atoms with Crippen LogP contribution in [-0.4, -0.2) is 73.2 Å². The minimum atomic E-state index is 0.694. The predicted molar refractivity (Wildman–Crippen MR) is 72.2 cm³/mol. The van der Waals surface area contributed by atoms with Gasteiger partial charge in [0.2, 0.25) is 0 Å². The van der Waals surface area contributed by atoms with Crippen LogP contribution in [0.15, 0.2) is 0 Å². The fraction of sp³-hybridized carbons (Fsp3) is 1.00. The van der Waals surface area contributed by atoms with Gasteiger partial charge >= 0.3 is 0 Å². The molecule has 2 saturated heterocycles. The molecule has 2 rings (SSSR count). The van der Waals surface area contributed by atoms with Crippen molar-refractivity contribution >= 4 is 11.8 Å². The van der Waals surface area contributed by atoms with Crippen LogP contribution in [0.3, 0.4) is 0 Å². The summed E-state index contributed by atoms with van der Waals surface area (Å²) >= 11 is 2.11. The molecule has 2 heterocycles. The van der Waals surface area contributed by atoms with E-state index in [0.29, 0.717) is 6.04 Å². The van der Waals surface area contributed by atoms with Crippen LogP contribution in [0.5, 0.6) is 0 Å². The molecule has 0 saturated carbocycles. The number of piperazine rings is 1. The highest BCUT2D eigenvalue weighted by Gasteiger charge is 2.25. The summed E-state index contributed by atoms with van der Waals surface area (Å²) in [4.78, 5) is 4.94. The molecule has 0 aliphatic carbocycles. The van der Waals surface area contributed by atoms with E-state index in [9.17, 15) is 0 Å². The molecule has 0 radical (unpaired) electrons. The second-order valence-electron chi connectivity index (χ2n) is 5.38. The standard InChI is InChI=1S/C12H25N3S/c1-10-6-11(9-16-10)13-7-12-8-14(2)4-5-15(12)3/h10-13H,4-9H2,1-3H3. The molecule has 16 heavy (non-hydrogen) atoms. The Morgan fingerprint density at radius 3 is 2.81 bits per heavy atom. The van der Waals surface area contributed by atoms with Crippen LogP contribution < -0.4 is 5.32 Å². The summed E-state index contributed by atoms with van der Waals surface area (Å²) < 4.78 is 0. The monoisotopic (exact) mass is 243 g/mol. The number of hydrogen-bond donors (Lipinski definition) is 1. The summed E-state index contributed by atoms with van der Waals surface area (Å²) in [6.45, 7) is 7.12. The Balaban J connectivity index is 1.72. The minimum Gasteiger partial charge on any atom is -0.312 e. The van der Waals surface area contributed by atoms with Gasteiger partial charge in [-0.1, -0.05) is 6.92 Å². The van der Waals surface area contributed by atoms with Gasteiger partial charge in [-0.05, 0) is 20.5 Å². The van der Waals surface area contributed by atoms with Gasteiger partial charge in [0.05, 0.1) is 0 Å². The van der Waals surface area contributed by atoms with Gasteiger partial charge in [-0.3, -0.25) is 4.90 Å². The van der Waals surface area contributed by atoms with Crippen LogP contribution in [0.25, 0.3) is 0 Å². The Kier molecular flexibility index (Phi) is 4.53. The van der Waals surface area contributed by atoms with E-state index in [-0.39, 0.29) is 0 Å². The molecule has 1 N–H and O–H groups in total. The topological polar surface area (TPSA) is 18.5 Å². The van der Waals surface area contributed by atoms with E-state index in [1.165, 1.54) is 31.8 Å². The van der Waals surface area contributed by atoms with Gasteiger partial charge in [-0.25, -0.2) is 0 Å². The summed E-state index contributed by atoms with van der Waals surface area (Å²) in [6.07, 6.45) is 1.34. The zero-order valence-corrected chi connectivity index (χ0v) is 11.6. The Bertz CT molecular complexity index is 224. The molecular formula is C12H25N3S. The molecule has 0 bridgehead atoms. The largest absolute Gasteiger partial charge is 0.312 e. The van der Waals surface area contributed by atoms with Crippen molar-refractivity contribution in [2.75, 3.05) is 46.0 Å². The highest BCUT2D eigenvalue weighted by Crippen LogP contribution is 2.25. The van der Waals surface area contributed by atoms with E-state index < -0.39 is 0 Å². The number of thioether (sulfide) groups is 1. The smallest absolute Gasteiger partial charge is 0.0345 e. The number of hydrogen-bond acceptors (Lipinski definition) is 4. The Hall–Kier alpha value is 0.230. The number of likely N-dealkylation sites (N-methyl/N-ethyl adjacent to an activating group) is 2. The molecule has 3 nitrogen and oxygen atoms in total. The molecule has 0 spiro atoms. The van der Waals surface area contributed by atoms with Crippen molar-refractivity contribution < 1.29 is 0 Å². The van der Waals surface area contributed by atoms with Crippen LogP contribution in [0, 0.1) is 0 Å². The number of nitrogens with one attached hydrogen (secondary N) is 1. The third-order valence-corrected chi connectivity index (χ3v) is 5.18. The minimum absolute atomic E-state index is 0.694. The number of rotatable bonds is 3. The van der Waals surface area contributed by atoms with Crippen LogP contribution in [0.4, 0.5) is 0 Å². The summed E-state index contributed by atoms with van der Waals surface area (Å²) in [7, 11) is 4.48. The maximum atomic E-state index is 3.74. The van der Waals surface area contributed by atoms with E-state index in [4.69, 9.17) is 0 Å². The molecule has 0 amide bonds. The first-order valence-electron chi connectivity index (χ1n) is 6.39. The van der Waals surface area contributed by atoms with E-state index in [0.717, 1.165) is 17.8 Å². The first-order chi connectivity index (χ1) is 7.65. The molecule has 0 aromatic rings. The highest BCUT2D eigenvalue weighted by molar-refractivity contribution is 8.00. The Morgan fingerprint density at radius 2 is 2.12 bits per heavy atom. The van der Waals surface area contributed by atoms with Crippen molar-refractivity contribution in [3.63, 3.8) is 0 Å². The van der Waals surface area contributed by atoms with E-state index >= 15 is 0 Å². The summed E-state index contributed by atoms with van der Waals surface area (Å²) in [6, 6.07) is 1.44. The fourth-order valence-electron chi connectivity index (χ4n) is 2.58. The summed E-state index contributed by atoms with van der Waals surface area (Å²) in [5.74, 6) is 1.30. The lowest BCUT2D eigenvalue weighted by molar-refractivity contribution is 0.112. The molecule has 0 aromatic carbocycles. The van der Waals surface area contributed by atoms with Gasteiger partial charge in [0, 0.05) is 49.3 Å². The maximum absolute atomic E-state index is 3.74. The third-order valence-electron chi connectivity index (χ3n) is 3.82. The molecule has 2 aliphatic heterocycles. The van der Waals surface area contributed by atoms with Gasteiger partial charge in [0.1, 0.15) is 0 Å². The summed E-state index contributed by atoms with van der Waals surface area (Å²) in [5, 5.41) is 4.59. The van der Waals surface area contributed by atoms with Crippen LogP contribution in [-0.2, 0) is 0 Å². The van der Waals surface area contributed by atoms with Gasteiger partial charge < -0.3 is 10.2 Å². The maximum Gasteiger partial charge on any atom is 0.0345 e. The lowest BCUT2D eigenvalue weighted by atomic mass is 10.1. The van der Waals surface area contributed by atoms with Crippen molar-refractivity contribution in [3.8, 4) is 0 Å². The zero-order valence-electron chi connectivity index (χ0n) is 10.8. The zero-order chi connectivity index (χ0) is 11.5. The van der Waals surface area contributed by atoms with Crippen molar-refractivity contribution in [2.45, 2.75) is 30.7 Å². The van der Waals surface area contributed by atoms with Crippen molar-refractivity contribution in [1.29, 1.82) is 0 Å². The molecular weight excluding hydrogens is 218 g/mol.